The predicted octanol–water partition coefficient (Wildman–Crippen LogP) is 2.54. The molecule has 0 aromatic carbocycles. The number of carbonyl (C=O) groups is 2. The summed E-state index contributed by atoms with van der Waals surface area (Å²) >= 11 is 0. The van der Waals surface area contributed by atoms with Gasteiger partial charge >= 0.3 is 11.9 Å². The Morgan fingerprint density at radius 2 is 1.76 bits per heavy atom. The van der Waals surface area contributed by atoms with E-state index in [1.165, 1.54) is 45.6 Å². The minimum atomic E-state index is -0.646. The summed E-state index contributed by atoms with van der Waals surface area (Å²) in [4.78, 5) is 22.6. The van der Waals surface area contributed by atoms with Gasteiger partial charge in [0.05, 0.1) is 25.9 Å². The van der Waals surface area contributed by atoms with Gasteiger partial charge in [-0.25, -0.2) is 9.59 Å². The number of aliphatic hydroxyl groups is 1. The molecule has 1 unspecified atom stereocenters. The summed E-state index contributed by atoms with van der Waals surface area (Å²) in [7, 11) is 2.45. The van der Waals surface area contributed by atoms with Gasteiger partial charge in [0.25, 0.3) is 0 Å². The van der Waals surface area contributed by atoms with Gasteiger partial charge in [0.2, 0.25) is 0 Å². The Morgan fingerprint density at radius 3 is 2.33 bits per heavy atom. The van der Waals surface area contributed by atoms with Crippen LogP contribution in [0.15, 0.2) is 23.8 Å². The number of carbonyl (C=O) groups excluding carboxylic acids is 2. The highest BCUT2D eigenvalue weighted by atomic mass is 16.5. The van der Waals surface area contributed by atoms with Crippen LogP contribution in [0.2, 0.25) is 0 Å². The van der Waals surface area contributed by atoms with Crippen molar-refractivity contribution in [1.82, 2.24) is 0 Å². The number of rotatable bonds is 10. The van der Waals surface area contributed by atoms with Crippen molar-refractivity contribution in [2.45, 2.75) is 51.6 Å². The zero-order valence-corrected chi connectivity index (χ0v) is 13.1. The topological polar surface area (TPSA) is 72.8 Å². The highest BCUT2D eigenvalue weighted by molar-refractivity contribution is 5.98. The molecule has 0 amide bonds. The van der Waals surface area contributed by atoms with Crippen LogP contribution in [-0.2, 0) is 19.1 Å². The number of aliphatic hydroxyl groups excluding tert-OH is 1. The second-order valence-corrected chi connectivity index (χ2v) is 4.74. The molecule has 0 bridgehead atoms. The van der Waals surface area contributed by atoms with Crippen molar-refractivity contribution in [2.24, 2.45) is 0 Å². The summed E-state index contributed by atoms with van der Waals surface area (Å²) in [6.07, 6.45) is 9.48. The van der Waals surface area contributed by atoms with Crippen LogP contribution in [0.3, 0.4) is 0 Å². The number of ether oxygens (including phenoxy) is 2. The monoisotopic (exact) mass is 298 g/mol. The zero-order valence-electron chi connectivity index (χ0n) is 13.1. The van der Waals surface area contributed by atoms with Gasteiger partial charge in [-0.3, -0.25) is 0 Å². The average molecular weight is 298 g/mol. The lowest BCUT2D eigenvalue weighted by Gasteiger charge is -2.06. The van der Waals surface area contributed by atoms with Crippen LogP contribution >= 0.6 is 0 Å². The lowest BCUT2D eigenvalue weighted by molar-refractivity contribution is -0.138. The molecular weight excluding hydrogens is 272 g/mol. The number of unbranched alkanes of at least 4 members (excludes halogenated alkanes) is 4. The summed E-state index contributed by atoms with van der Waals surface area (Å²) in [6.45, 7) is 2.15. The molecule has 1 atom stereocenters. The molecule has 5 nitrogen and oxygen atoms in total. The molecule has 0 rings (SSSR count). The standard InChI is InChI=1S/C16H26O5/c1-4-5-6-7-8-9-14(17)11-10-13(16(19)21-3)12-15(18)20-2/h10-12,14,17H,4-9H2,1-3H3/b11-10+,13-12+. The fraction of sp³-hybridized carbons (Fsp3) is 0.625. The quantitative estimate of drug-likeness (QED) is 0.290. The van der Waals surface area contributed by atoms with E-state index >= 15 is 0 Å². The van der Waals surface area contributed by atoms with Crippen LogP contribution in [0.4, 0.5) is 0 Å². The van der Waals surface area contributed by atoms with Crippen molar-refractivity contribution >= 4 is 11.9 Å². The van der Waals surface area contributed by atoms with Crippen molar-refractivity contribution in [2.75, 3.05) is 14.2 Å². The van der Waals surface area contributed by atoms with E-state index < -0.39 is 18.0 Å². The van der Waals surface area contributed by atoms with Crippen molar-refractivity contribution < 1.29 is 24.2 Å². The normalized spacial score (nSPS) is 13.2. The Hall–Kier alpha value is -1.62. The first-order valence-corrected chi connectivity index (χ1v) is 7.29. The first-order valence-electron chi connectivity index (χ1n) is 7.29. The smallest absolute Gasteiger partial charge is 0.338 e. The zero-order chi connectivity index (χ0) is 16.1. The van der Waals surface area contributed by atoms with E-state index in [9.17, 15) is 14.7 Å². The van der Waals surface area contributed by atoms with Gasteiger partial charge in [-0.1, -0.05) is 45.1 Å². The van der Waals surface area contributed by atoms with Crippen LogP contribution in [0, 0.1) is 0 Å². The molecule has 0 saturated heterocycles. The summed E-state index contributed by atoms with van der Waals surface area (Å²) in [6, 6.07) is 0. The lowest BCUT2D eigenvalue weighted by atomic mass is 10.1. The average Bonchev–Trinajstić information content (AvgIpc) is 2.49. The summed E-state index contributed by atoms with van der Waals surface area (Å²) < 4.78 is 9.03. The van der Waals surface area contributed by atoms with Crippen molar-refractivity contribution in [1.29, 1.82) is 0 Å². The summed E-state index contributed by atoms with van der Waals surface area (Å²) in [5.74, 6) is -1.29. The van der Waals surface area contributed by atoms with Gasteiger partial charge in [-0.15, -0.1) is 0 Å². The molecule has 21 heavy (non-hydrogen) atoms. The Kier molecular flexibility index (Phi) is 11.2. The fourth-order valence-electron chi connectivity index (χ4n) is 1.75. The number of esters is 2. The Balaban J connectivity index is 4.39. The maximum absolute atomic E-state index is 11.5. The van der Waals surface area contributed by atoms with E-state index in [0.29, 0.717) is 6.42 Å². The number of hydrogen-bond donors (Lipinski definition) is 1. The maximum Gasteiger partial charge on any atom is 0.338 e. The van der Waals surface area contributed by atoms with Crippen LogP contribution in [-0.4, -0.2) is 37.4 Å². The molecule has 0 radical (unpaired) electrons. The molecule has 0 aromatic heterocycles. The van der Waals surface area contributed by atoms with Gasteiger partial charge < -0.3 is 14.6 Å². The number of methoxy groups -OCH3 is 2. The molecule has 0 aliphatic carbocycles. The molecule has 1 N–H and O–H groups in total. The van der Waals surface area contributed by atoms with Gasteiger partial charge in [0.15, 0.2) is 0 Å². The predicted molar refractivity (Wildman–Crippen MR) is 80.6 cm³/mol. The van der Waals surface area contributed by atoms with Crippen LogP contribution < -0.4 is 0 Å². The molecule has 0 spiro atoms. The summed E-state index contributed by atoms with van der Waals surface area (Å²) in [5.41, 5.74) is 0.0504. The Morgan fingerprint density at radius 1 is 1.10 bits per heavy atom. The third-order valence-corrected chi connectivity index (χ3v) is 3.00. The van der Waals surface area contributed by atoms with E-state index in [2.05, 4.69) is 16.4 Å². The Labute approximate surface area is 126 Å². The number of hydrogen-bond acceptors (Lipinski definition) is 5. The van der Waals surface area contributed by atoms with E-state index in [1.807, 2.05) is 0 Å². The van der Waals surface area contributed by atoms with Gasteiger partial charge in [-0.2, -0.15) is 0 Å². The van der Waals surface area contributed by atoms with Gasteiger partial charge in [-0.05, 0) is 12.5 Å². The molecule has 0 aromatic rings. The lowest BCUT2D eigenvalue weighted by Crippen LogP contribution is -2.08. The molecule has 5 heteroatoms. The first-order chi connectivity index (χ1) is 10.0. The van der Waals surface area contributed by atoms with Crippen molar-refractivity contribution in [3.63, 3.8) is 0 Å². The Bertz CT molecular complexity index is 371. The van der Waals surface area contributed by atoms with Gasteiger partial charge in [0.1, 0.15) is 0 Å². The third-order valence-electron chi connectivity index (χ3n) is 3.00. The van der Waals surface area contributed by atoms with E-state index in [-0.39, 0.29) is 5.57 Å². The van der Waals surface area contributed by atoms with Gasteiger partial charge in [0, 0.05) is 6.08 Å². The molecule has 0 fully saturated rings. The van der Waals surface area contributed by atoms with Crippen LogP contribution in [0.5, 0.6) is 0 Å². The second-order valence-electron chi connectivity index (χ2n) is 4.74. The minimum Gasteiger partial charge on any atom is -0.466 e. The molecule has 0 saturated carbocycles. The molecule has 0 aliphatic rings. The highest BCUT2D eigenvalue weighted by Crippen LogP contribution is 2.09. The molecule has 0 aliphatic heterocycles. The molecular formula is C16H26O5. The van der Waals surface area contributed by atoms with Crippen LogP contribution in [0.25, 0.3) is 0 Å². The van der Waals surface area contributed by atoms with Crippen molar-refractivity contribution in [3.8, 4) is 0 Å². The van der Waals surface area contributed by atoms with E-state index in [1.54, 1.807) is 0 Å². The van der Waals surface area contributed by atoms with Crippen molar-refractivity contribution in [3.05, 3.63) is 23.8 Å². The largest absolute Gasteiger partial charge is 0.466 e. The second kappa shape index (κ2) is 12.1. The molecule has 120 valence electrons. The maximum atomic E-state index is 11.5. The van der Waals surface area contributed by atoms with E-state index in [4.69, 9.17) is 0 Å². The first kappa shape index (κ1) is 19.4. The summed E-state index contributed by atoms with van der Waals surface area (Å²) in [5, 5.41) is 9.82. The molecule has 0 heterocycles. The minimum absolute atomic E-state index is 0.0504. The highest BCUT2D eigenvalue weighted by Gasteiger charge is 2.10. The third kappa shape index (κ3) is 9.85. The van der Waals surface area contributed by atoms with Crippen LogP contribution in [0.1, 0.15) is 45.4 Å². The SMILES string of the molecule is CCCCCCCC(O)/C=C/C(=C\C(=O)OC)C(=O)OC. The fourth-order valence-corrected chi connectivity index (χ4v) is 1.75. The van der Waals surface area contributed by atoms with E-state index in [0.717, 1.165) is 18.9 Å².